The maximum Gasteiger partial charge on any atom is 0.268 e. The predicted octanol–water partition coefficient (Wildman–Crippen LogP) is 3.16. The van der Waals surface area contributed by atoms with Gasteiger partial charge in [0.15, 0.2) is 11.5 Å². The highest BCUT2D eigenvalue weighted by atomic mass is 16.5. The van der Waals surface area contributed by atoms with Gasteiger partial charge < -0.3 is 20.1 Å². The summed E-state index contributed by atoms with van der Waals surface area (Å²) in [6.45, 7) is 0. The fraction of sp³-hybridized carbons (Fsp3) is 0.0476. The number of nitrogens with zero attached hydrogens (tertiary/aromatic N) is 3. The molecule has 0 saturated carbocycles. The smallest absolute Gasteiger partial charge is 0.268 e. The van der Waals surface area contributed by atoms with Crippen LogP contribution in [0.5, 0.6) is 11.5 Å². The number of benzene rings is 2. The van der Waals surface area contributed by atoms with Crippen LogP contribution < -0.4 is 15.6 Å². The van der Waals surface area contributed by atoms with Crippen molar-refractivity contribution in [3.8, 4) is 17.6 Å². The minimum atomic E-state index is -0.497. The summed E-state index contributed by atoms with van der Waals surface area (Å²) in [7, 11) is 1.46. The van der Waals surface area contributed by atoms with Gasteiger partial charge in [-0.3, -0.25) is 4.79 Å². The van der Waals surface area contributed by atoms with Crippen molar-refractivity contribution in [2.75, 3.05) is 12.4 Å². The van der Waals surface area contributed by atoms with Crippen LogP contribution in [0.4, 0.5) is 11.4 Å². The first-order chi connectivity index (χ1) is 14.1. The number of para-hydroxylation sites is 1. The number of aromatic hydroxyl groups is 1. The molecule has 3 rings (SSSR count). The Morgan fingerprint density at radius 3 is 2.66 bits per heavy atom. The lowest BCUT2D eigenvalue weighted by molar-refractivity contribution is 0.373. The van der Waals surface area contributed by atoms with Crippen LogP contribution in [0.15, 0.2) is 69.7 Å². The fourth-order valence-electron chi connectivity index (χ4n) is 2.52. The number of H-pyrrole nitrogens is 1. The van der Waals surface area contributed by atoms with E-state index < -0.39 is 5.56 Å². The molecule has 0 aliphatic heterocycles. The average molecular weight is 387 g/mol. The topological polar surface area (TPSA) is 123 Å². The summed E-state index contributed by atoms with van der Waals surface area (Å²) in [5, 5.41) is 30.0. The molecular weight excluding hydrogens is 370 g/mol. The van der Waals surface area contributed by atoms with Crippen molar-refractivity contribution in [3.63, 3.8) is 0 Å². The van der Waals surface area contributed by atoms with Crippen molar-refractivity contribution in [2.45, 2.75) is 0 Å². The Hall–Kier alpha value is -4.38. The largest absolute Gasteiger partial charge is 0.504 e. The Balaban J connectivity index is 1.88. The standard InChI is InChI=1S/C21H17N5O3/c1-29-19-9-14(7-8-18(19)27)11-24-25-13-15-12-23-21(28)17(10-22)20(15)26-16-5-3-2-4-6-16/h2-9,11-13,27H,1H3,(H2,23,26,28)/b24-11+,25-13-. The van der Waals surface area contributed by atoms with Gasteiger partial charge in [-0.25, -0.2) is 0 Å². The Bertz CT molecular complexity index is 1160. The van der Waals surface area contributed by atoms with Crippen LogP contribution in [-0.2, 0) is 0 Å². The second-order valence-electron chi connectivity index (χ2n) is 5.85. The zero-order chi connectivity index (χ0) is 20.6. The molecule has 0 atom stereocenters. The average Bonchev–Trinajstić information content (AvgIpc) is 2.74. The second-order valence-corrected chi connectivity index (χ2v) is 5.85. The molecule has 0 bridgehead atoms. The van der Waals surface area contributed by atoms with Gasteiger partial charge in [0, 0.05) is 17.4 Å². The first kappa shape index (κ1) is 19.4. The molecular formula is C21H17N5O3. The van der Waals surface area contributed by atoms with Gasteiger partial charge >= 0.3 is 0 Å². The first-order valence-corrected chi connectivity index (χ1v) is 8.53. The van der Waals surface area contributed by atoms with E-state index in [-0.39, 0.29) is 11.3 Å². The van der Waals surface area contributed by atoms with Gasteiger partial charge in [-0.2, -0.15) is 15.5 Å². The van der Waals surface area contributed by atoms with Crippen LogP contribution in [0, 0.1) is 11.3 Å². The number of nitriles is 1. The molecule has 8 heteroatoms. The van der Waals surface area contributed by atoms with E-state index in [1.165, 1.54) is 31.8 Å². The van der Waals surface area contributed by atoms with E-state index in [4.69, 9.17) is 4.74 Å². The van der Waals surface area contributed by atoms with Gasteiger partial charge in [0.2, 0.25) is 0 Å². The molecule has 0 unspecified atom stereocenters. The lowest BCUT2D eigenvalue weighted by Gasteiger charge is -2.10. The lowest BCUT2D eigenvalue weighted by Crippen LogP contribution is -2.14. The highest BCUT2D eigenvalue weighted by Gasteiger charge is 2.11. The summed E-state index contributed by atoms with van der Waals surface area (Å²) in [6.07, 6.45) is 4.37. The molecule has 144 valence electrons. The molecule has 1 aromatic heterocycles. The number of rotatable bonds is 6. The molecule has 2 aromatic carbocycles. The number of aromatic amines is 1. The van der Waals surface area contributed by atoms with E-state index in [0.717, 1.165) is 5.69 Å². The normalized spacial score (nSPS) is 10.9. The van der Waals surface area contributed by atoms with E-state index in [9.17, 15) is 15.2 Å². The molecule has 29 heavy (non-hydrogen) atoms. The van der Waals surface area contributed by atoms with Crippen molar-refractivity contribution in [2.24, 2.45) is 10.2 Å². The molecule has 0 saturated heterocycles. The van der Waals surface area contributed by atoms with Gasteiger partial charge in [-0.15, -0.1) is 0 Å². The monoisotopic (exact) mass is 387 g/mol. The molecule has 0 aliphatic rings. The van der Waals surface area contributed by atoms with Crippen molar-refractivity contribution in [1.82, 2.24) is 4.98 Å². The Labute approximate surface area is 166 Å². The second kappa shape index (κ2) is 9.01. The predicted molar refractivity (Wildman–Crippen MR) is 111 cm³/mol. The molecule has 0 fully saturated rings. The van der Waals surface area contributed by atoms with Crippen LogP contribution in [0.2, 0.25) is 0 Å². The number of hydrogen-bond donors (Lipinski definition) is 3. The fourth-order valence-corrected chi connectivity index (χ4v) is 2.52. The number of nitrogens with one attached hydrogen (secondary N) is 2. The molecule has 1 heterocycles. The first-order valence-electron chi connectivity index (χ1n) is 8.53. The van der Waals surface area contributed by atoms with Crippen LogP contribution in [0.3, 0.4) is 0 Å². The number of hydrogen-bond acceptors (Lipinski definition) is 7. The highest BCUT2D eigenvalue weighted by molar-refractivity contribution is 5.91. The van der Waals surface area contributed by atoms with E-state index in [0.29, 0.717) is 22.6 Å². The molecule has 0 radical (unpaired) electrons. The quantitative estimate of drug-likeness (QED) is 0.443. The van der Waals surface area contributed by atoms with Crippen molar-refractivity contribution in [3.05, 3.63) is 81.8 Å². The molecule has 3 aromatic rings. The zero-order valence-electron chi connectivity index (χ0n) is 15.5. The van der Waals surface area contributed by atoms with Crippen LogP contribution in [-0.4, -0.2) is 29.6 Å². The van der Waals surface area contributed by atoms with Gasteiger partial charge in [-0.05, 0) is 35.9 Å². The molecule has 3 N–H and O–H groups in total. The van der Waals surface area contributed by atoms with E-state index in [1.54, 1.807) is 12.1 Å². The van der Waals surface area contributed by atoms with Crippen LogP contribution in [0.25, 0.3) is 0 Å². The van der Waals surface area contributed by atoms with Gasteiger partial charge in [0.25, 0.3) is 5.56 Å². The zero-order valence-corrected chi connectivity index (χ0v) is 15.5. The van der Waals surface area contributed by atoms with Crippen molar-refractivity contribution >= 4 is 23.8 Å². The molecule has 8 nitrogen and oxygen atoms in total. The number of phenolic OH excluding ortho intramolecular Hbond substituents is 1. The number of ether oxygens (including phenoxy) is 1. The van der Waals surface area contributed by atoms with E-state index >= 15 is 0 Å². The summed E-state index contributed by atoms with van der Waals surface area (Å²) >= 11 is 0. The Morgan fingerprint density at radius 1 is 1.17 bits per heavy atom. The Morgan fingerprint density at radius 2 is 1.93 bits per heavy atom. The van der Waals surface area contributed by atoms with Gasteiger partial charge in [-0.1, -0.05) is 18.2 Å². The number of methoxy groups -OCH3 is 1. The number of aromatic nitrogens is 1. The maximum absolute atomic E-state index is 12.0. The number of anilines is 2. The van der Waals surface area contributed by atoms with Crippen LogP contribution in [0.1, 0.15) is 16.7 Å². The summed E-state index contributed by atoms with van der Waals surface area (Å²) in [4.78, 5) is 14.5. The van der Waals surface area contributed by atoms with Gasteiger partial charge in [0.1, 0.15) is 11.6 Å². The summed E-state index contributed by atoms with van der Waals surface area (Å²) in [6, 6.07) is 15.9. The number of pyridine rings is 1. The molecule has 0 aliphatic carbocycles. The summed E-state index contributed by atoms with van der Waals surface area (Å²) < 4.78 is 5.05. The highest BCUT2D eigenvalue weighted by Crippen LogP contribution is 2.25. The van der Waals surface area contributed by atoms with E-state index in [1.807, 2.05) is 36.4 Å². The SMILES string of the molecule is COc1cc(/C=N/N=C\c2c[nH]c(=O)c(C#N)c2Nc2ccccc2)ccc1O. The lowest BCUT2D eigenvalue weighted by atomic mass is 10.1. The van der Waals surface area contributed by atoms with Crippen molar-refractivity contribution in [1.29, 1.82) is 5.26 Å². The maximum atomic E-state index is 12.0. The third kappa shape index (κ3) is 4.67. The third-order valence-electron chi connectivity index (χ3n) is 3.95. The molecule has 0 amide bonds. The summed E-state index contributed by atoms with van der Waals surface area (Å²) in [5.41, 5.74) is 1.69. The number of phenols is 1. The Kier molecular flexibility index (Phi) is 6.02. The van der Waals surface area contributed by atoms with Crippen LogP contribution >= 0.6 is 0 Å². The van der Waals surface area contributed by atoms with E-state index in [2.05, 4.69) is 20.5 Å². The third-order valence-corrected chi connectivity index (χ3v) is 3.95. The minimum absolute atomic E-state index is 0.0297. The minimum Gasteiger partial charge on any atom is -0.504 e. The molecule has 0 spiro atoms. The van der Waals surface area contributed by atoms with Crippen molar-refractivity contribution < 1.29 is 9.84 Å². The van der Waals surface area contributed by atoms with Gasteiger partial charge in [0.05, 0.1) is 25.2 Å². The summed E-state index contributed by atoms with van der Waals surface area (Å²) in [5.74, 6) is 0.355.